The molecule has 0 saturated heterocycles. The second-order valence-electron chi connectivity index (χ2n) is 9.15. The van der Waals surface area contributed by atoms with Crippen molar-refractivity contribution in [2.75, 3.05) is 24.9 Å². The number of benzene rings is 2. The van der Waals surface area contributed by atoms with Gasteiger partial charge in [0.2, 0.25) is 5.91 Å². The lowest BCUT2D eigenvalue weighted by molar-refractivity contribution is -0.123. The van der Waals surface area contributed by atoms with Crippen LogP contribution in [0.15, 0.2) is 42.5 Å². The van der Waals surface area contributed by atoms with Crippen LogP contribution >= 0.6 is 11.5 Å². The Hall–Kier alpha value is -4.19. The predicted octanol–water partition coefficient (Wildman–Crippen LogP) is 3.82. The third-order valence-electron chi connectivity index (χ3n) is 6.64. The Balaban J connectivity index is 1.89. The average molecular weight is 556 g/mol. The van der Waals surface area contributed by atoms with Gasteiger partial charge in [0.25, 0.3) is 11.8 Å². The monoisotopic (exact) mass is 555 g/mol. The first-order chi connectivity index (χ1) is 18.7. The van der Waals surface area contributed by atoms with Gasteiger partial charge in [-0.05, 0) is 60.3 Å². The molecule has 0 bridgehead atoms. The van der Waals surface area contributed by atoms with E-state index >= 15 is 0 Å². The fourth-order valence-corrected chi connectivity index (χ4v) is 5.46. The first kappa shape index (κ1) is 27.8. The minimum absolute atomic E-state index is 0.0757. The number of methoxy groups -OCH3 is 2. The van der Waals surface area contributed by atoms with E-state index in [1.54, 1.807) is 18.2 Å². The van der Waals surface area contributed by atoms with Crippen LogP contribution in [0.3, 0.4) is 0 Å². The molecule has 3 aromatic rings. The molecule has 0 radical (unpaired) electrons. The van der Waals surface area contributed by atoms with E-state index in [4.69, 9.17) is 20.9 Å². The molecular formula is C27H30FN5O5S. The lowest BCUT2D eigenvalue weighted by Gasteiger charge is -2.33. The van der Waals surface area contributed by atoms with Crippen molar-refractivity contribution < 1.29 is 28.2 Å². The molecule has 0 spiro atoms. The molecule has 4 rings (SSSR count). The van der Waals surface area contributed by atoms with Crippen LogP contribution in [0.5, 0.6) is 11.5 Å². The molecule has 1 aliphatic rings. The standard InChI is InChI=1S/C27H30FN5O5S/c1-37-19-12-11-15(13-20(19)38-2)23(26(35)31-17-8-4-3-5-9-17)33(18-10-6-7-16(28)14-18)27(36)24-21(29)22(25(30)34)32-39-24/h6-7,10-14,17,23H,3-5,8-9,29H2,1-2H3,(H2,30,34)(H,31,35). The van der Waals surface area contributed by atoms with Crippen LogP contribution in [-0.2, 0) is 4.79 Å². The Morgan fingerprint density at radius 2 is 1.79 bits per heavy atom. The third-order valence-corrected chi connectivity index (χ3v) is 7.49. The molecule has 5 N–H and O–H groups in total. The van der Waals surface area contributed by atoms with Crippen molar-refractivity contribution in [2.45, 2.75) is 44.2 Å². The summed E-state index contributed by atoms with van der Waals surface area (Å²) in [4.78, 5) is 40.9. The molecule has 1 unspecified atom stereocenters. The SMILES string of the molecule is COc1ccc(C(C(=O)NC2CCCCC2)N(C(=O)c2snc(C(N)=O)c2N)c2cccc(F)c2)cc1OC. The highest BCUT2D eigenvalue weighted by Crippen LogP contribution is 2.37. The molecule has 10 nitrogen and oxygen atoms in total. The maximum atomic E-state index is 14.5. The minimum atomic E-state index is -1.26. The topological polar surface area (TPSA) is 150 Å². The lowest BCUT2D eigenvalue weighted by Crippen LogP contribution is -2.47. The number of carbonyl (C=O) groups is 3. The summed E-state index contributed by atoms with van der Waals surface area (Å²) in [5, 5.41) is 3.08. The fraction of sp³-hybridized carbons (Fsp3) is 0.333. The van der Waals surface area contributed by atoms with Crippen molar-refractivity contribution in [1.82, 2.24) is 9.69 Å². The Bertz CT molecular complexity index is 1370. The van der Waals surface area contributed by atoms with Crippen molar-refractivity contribution in [1.29, 1.82) is 0 Å². The number of anilines is 2. The van der Waals surface area contributed by atoms with Crippen molar-refractivity contribution in [2.24, 2.45) is 5.73 Å². The van der Waals surface area contributed by atoms with Crippen molar-refractivity contribution in [3.05, 3.63) is 64.4 Å². The quantitative estimate of drug-likeness (QED) is 0.363. The minimum Gasteiger partial charge on any atom is -0.493 e. The molecule has 1 aliphatic carbocycles. The van der Waals surface area contributed by atoms with Gasteiger partial charge in [-0.1, -0.05) is 31.4 Å². The molecule has 1 atom stereocenters. The summed E-state index contributed by atoms with van der Waals surface area (Å²) in [7, 11) is 2.94. The van der Waals surface area contributed by atoms with E-state index in [-0.39, 0.29) is 28.0 Å². The zero-order valence-corrected chi connectivity index (χ0v) is 22.4. The molecule has 12 heteroatoms. The summed E-state index contributed by atoms with van der Waals surface area (Å²) in [6, 6.07) is 8.82. The van der Waals surface area contributed by atoms with Gasteiger partial charge in [0.1, 0.15) is 16.7 Å². The van der Waals surface area contributed by atoms with Gasteiger partial charge in [-0.25, -0.2) is 4.39 Å². The maximum Gasteiger partial charge on any atom is 0.273 e. The van der Waals surface area contributed by atoms with Gasteiger partial charge in [0, 0.05) is 11.7 Å². The second-order valence-corrected chi connectivity index (χ2v) is 9.93. The largest absolute Gasteiger partial charge is 0.493 e. The normalized spacial score (nSPS) is 14.3. The van der Waals surface area contributed by atoms with Gasteiger partial charge in [0.05, 0.1) is 19.9 Å². The highest BCUT2D eigenvalue weighted by molar-refractivity contribution is 7.09. The Morgan fingerprint density at radius 3 is 2.41 bits per heavy atom. The first-order valence-electron chi connectivity index (χ1n) is 12.4. The fourth-order valence-electron chi connectivity index (χ4n) is 4.72. The number of rotatable bonds is 9. The summed E-state index contributed by atoms with van der Waals surface area (Å²) in [6.07, 6.45) is 4.66. The molecule has 1 saturated carbocycles. The van der Waals surface area contributed by atoms with Crippen molar-refractivity contribution in [3.8, 4) is 11.5 Å². The second kappa shape index (κ2) is 12.1. The number of amides is 3. The molecule has 3 amide bonds. The predicted molar refractivity (Wildman–Crippen MR) is 146 cm³/mol. The van der Waals surface area contributed by atoms with Crippen molar-refractivity contribution >= 4 is 40.6 Å². The number of nitrogen functional groups attached to an aromatic ring is 1. The Labute approximate surface area is 229 Å². The number of aromatic nitrogens is 1. The molecule has 39 heavy (non-hydrogen) atoms. The first-order valence-corrected chi connectivity index (χ1v) is 13.2. The number of nitrogens with zero attached hydrogens (tertiary/aromatic N) is 2. The molecule has 1 fully saturated rings. The lowest BCUT2D eigenvalue weighted by atomic mass is 9.94. The zero-order valence-electron chi connectivity index (χ0n) is 21.6. The molecule has 1 heterocycles. The number of carbonyl (C=O) groups excluding carboxylic acids is 3. The molecule has 1 aromatic heterocycles. The van der Waals surface area contributed by atoms with Crippen LogP contribution < -0.4 is 31.2 Å². The number of nitrogens with two attached hydrogens (primary N) is 2. The van der Waals surface area contributed by atoms with Crippen LogP contribution in [-0.4, -0.2) is 42.4 Å². The molecular weight excluding hydrogens is 525 g/mol. The van der Waals surface area contributed by atoms with E-state index < -0.39 is 29.6 Å². The summed E-state index contributed by atoms with van der Waals surface area (Å²) < 4.78 is 29.2. The van der Waals surface area contributed by atoms with E-state index in [2.05, 4.69) is 9.69 Å². The zero-order chi connectivity index (χ0) is 28.1. The van der Waals surface area contributed by atoms with Crippen molar-refractivity contribution in [3.63, 3.8) is 0 Å². The van der Waals surface area contributed by atoms with Gasteiger partial charge in [0.15, 0.2) is 17.2 Å². The Kier molecular flexibility index (Phi) is 8.65. The van der Waals surface area contributed by atoms with E-state index in [1.807, 2.05) is 0 Å². The van der Waals surface area contributed by atoms with Gasteiger partial charge in [-0.3, -0.25) is 19.3 Å². The number of halogens is 1. The van der Waals surface area contributed by atoms with E-state index in [0.29, 0.717) is 28.6 Å². The van der Waals surface area contributed by atoms with Crippen LogP contribution in [0, 0.1) is 5.82 Å². The maximum absolute atomic E-state index is 14.5. The summed E-state index contributed by atoms with van der Waals surface area (Å²) in [5.74, 6) is -1.96. The number of primary amides is 1. The van der Waals surface area contributed by atoms with E-state index in [9.17, 15) is 18.8 Å². The summed E-state index contributed by atoms with van der Waals surface area (Å²) in [5.41, 5.74) is 11.5. The highest BCUT2D eigenvalue weighted by atomic mass is 32.1. The van der Waals surface area contributed by atoms with Crippen LogP contribution in [0.25, 0.3) is 0 Å². The highest BCUT2D eigenvalue weighted by Gasteiger charge is 2.37. The van der Waals surface area contributed by atoms with Gasteiger partial charge in [-0.15, -0.1) is 0 Å². The third kappa shape index (κ3) is 5.95. The molecule has 0 aliphatic heterocycles. The van der Waals surface area contributed by atoms with Gasteiger partial charge < -0.3 is 26.3 Å². The molecule has 2 aromatic carbocycles. The summed E-state index contributed by atoms with van der Waals surface area (Å²) in [6.45, 7) is 0. The smallest absolute Gasteiger partial charge is 0.273 e. The molecule has 206 valence electrons. The number of hydrogen-bond acceptors (Lipinski definition) is 8. The van der Waals surface area contributed by atoms with E-state index in [1.165, 1.54) is 32.4 Å². The number of ether oxygens (including phenoxy) is 2. The number of nitrogens with one attached hydrogen (secondary N) is 1. The Morgan fingerprint density at radius 1 is 1.08 bits per heavy atom. The number of hydrogen-bond donors (Lipinski definition) is 3. The van der Waals surface area contributed by atoms with Gasteiger partial charge >= 0.3 is 0 Å². The average Bonchev–Trinajstić information content (AvgIpc) is 3.32. The van der Waals surface area contributed by atoms with Crippen LogP contribution in [0.4, 0.5) is 15.8 Å². The van der Waals surface area contributed by atoms with Crippen LogP contribution in [0.1, 0.15) is 63.9 Å². The van der Waals surface area contributed by atoms with E-state index in [0.717, 1.165) is 43.1 Å². The summed E-state index contributed by atoms with van der Waals surface area (Å²) >= 11 is 0.676. The van der Waals surface area contributed by atoms with Crippen LogP contribution in [0.2, 0.25) is 0 Å². The van der Waals surface area contributed by atoms with Gasteiger partial charge in [-0.2, -0.15) is 4.37 Å².